The van der Waals surface area contributed by atoms with Crippen molar-refractivity contribution in [2.75, 3.05) is 26.9 Å². The number of rotatable bonds is 4. The first-order valence-electron chi connectivity index (χ1n) is 10.6. The highest BCUT2D eigenvalue weighted by molar-refractivity contribution is 5.89. The van der Waals surface area contributed by atoms with E-state index in [2.05, 4.69) is 49.1 Å². The van der Waals surface area contributed by atoms with E-state index in [9.17, 15) is 4.79 Å². The lowest BCUT2D eigenvalue weighted by molar-refractivity contribution is -0.142. The van der Waals surface area contributed by atoms with E-state index in [0.717, 1.165) is 49.1 Å². The van der Waals surface area contributed by atoms with Crippen LogP contribution in [0.4, 0.5) is 0 Å². The van der Waals surface area contributed by atoms with Crippen LogP contribution in [0.2, 0.25) is 0 Å². The number of hydrogen-bond donors (Lipinski definition) is 0. The molecule has 154 valence electrons. The molecule has 4 rings (SSSR count). The van der Waals surface area contributed by atoms with Crippen LogP contribution in [-0.4, -0.2) is 37.7 Å². The van der Waals surface area contributed by atoms with Crippen LogP contribution in [0, 0.1) is 13.8 Å². The molecule has 2 aromatic rings. The third-order valence-electron chi connectivity index (χ3n) is 6.52. The first kappa shape index (κ1) is 20.0. The smallest absolute Gasteiger partial charge is 0.233 e. The maximum absolute atomic E-state index is 14.1. The summed E-state index contributed by atoms with van der Waals surface area (Å²) in [5.74, 6) is 1.10. The molecule has 0 radical (unpaired) electrons. The van der Waals surface area contributed by atoms with Gasteiger partial charge in [0.05, 0.1) is 18.6 Å². The van der Waals surface area contributed by atoms with E-state index in [0.29, 0.717) is 13.2 Å². The quantitative estimate of drug-likeness (QED) is 0.754. The summed E-state index contributed by atoms with van der Waals surface area (Å²) in [6.45, 7) is 6.31. The van der Waals surface area contributed by atoms with Crippen LogP contribution in [0.25, 0.3) is 0 Å². The fourth-order valence-corrected chi connectivity index (χ4v) is 5.08. The maximum atomic E-state index is 14.1. The lowest BCUT2D eigenvalue weighted by Gasteiger charge is -2.41. The number of carbonyl (C=O) groups excluding carboxylic acids is 1. The van der Waals surface area contributed by atoms with Crippen molar-refractivity contribution < 1.29 is 14.3 Å². The Morgan fingerprint density at radius 2 is 1.83 bits per heavy atom. The van der Waals surface area contributed by atoms with Crippen molar-refractivity contribution in [1.29, 1.82) is 0 Å². The van der Waals surface area contributed by atoms with E-state index >= 15 is 0 Å². The van der Waals surface area contributed by atoms with E-state index in [-0.39, 0.29) is 11.9 Å². The maximum Gasteiger partial charge on any atom is 0.233 e. The van der Waals surface area contributed by atoms with Gasteiger partial charge in [0.25, 0.3) is 0 Å². The summed E-state index contributed by atoms with van der Waals surface area (Å²) in [5, 5.41) is 0. The normalized spacial score (nSPS) is 21.2. The number of methoxy groups -OCH3 is 1. The molecule has 29 heavy (non-hydrogen) atoms. The largest absolute Gasteiger partial charge is 0.497 e. The molecule has 1 atom stereocenters. The van der Waals surface area contributed by atoms with Crippen LogP contribution in [0.3, 0.4) is 0 Å². The summed E-state index contributed by atoms with van der Waals surface area (Å²) in [5.41, 5.74) is 4.25. The Hall–Kier alpha value is -2.33. The SMILES string of the molecule is COc1cccc([C@H]2CCCN2C(=O)C2(c3cc(C)cc(C)c3)CCOCC2)c1. The molecule has 2 saturated heterocycles. The molecule has 2 aromatic carbocycles. The Morgan fingerprint density at radius 1 is 1.10 bits per heavy atom. The third-order valence-corrected chi connectivity index (χ3v) is 6.52. The van der Waals surface area contributed by atoms with Crippen LogP contribution in [0.15, 0.2) is 42.5 Å². The van der Waals surface area contributed by atoms with Gasteiger partial charge in [0, 0.05) is 19.8 Å². The Bertz CT molecular complexity index is 865. The third kappa shape index (κ3) is 3.78. The first-order chi connectivity index (χ1) is 14.0. The summed E-state index contributed by atoms with van der Waals surface area (Å²) in [6.07, 6.45) is 3.53. The van der Waals surface area contributed by atoms with Crippen LogP contribution in [0.5, 0.6) is 5.75 Å². The molecule has 4 nitrogen and oxygen atoms in total. The lowest BCUT2D eigenvalue weighted by atomic mass is 9.72. The standard InChI is InChI=1S/C25H31NO3/c1-18-14-19(2)16-21(15-18)25(9-12-29-13-10-25)24(27)26-11-5-8-23(26)20-6-4-7-22(17-20)28-3/h4,6-7,14-17,23H,5,8-13H2,1-3H3/t23-/m1/s1. The molecule has 0 aromatic heterocycles. The number of aryl methyl sites for hydroxylation is 2. The number of carbonyl (C=O) groups is 1. The van der Waals surface area contributed by atoms with Gasteiger partial charge in [0.2, 0.25) is 5.91 Å². The summed E-state index contributed by atoms with van der Waals surface area (Å²) in [4.78, 5) is 16.2. The Balaban J connectivity index is 1.72. The molecular formula is C25H31NO3. The molecule has 2 heterocycles. The van der Waals surface area contributed by atoms with Crippen LogP contribution >= 0.6 is 0 Å². The second-order valence-electron chi connectivity index (χ2n) is 8.50. The fourth-order valence-electron chi connectivity index (χ4n) is 5.08. The molecule has 0 aliphatic carbocycles. The topological polar surface area (TPSA) is 38.8 Å². The zero-order valence-corrected chi connectivity index (χ0v) is 17.7. The summed E-state index contributed by atoms with van der Waals surface area (Å²) in [6, 6.07) is 14.9. The van der Waals surface area contributed by atoms with Crippen molar-refractivity contribution >= 4 is 5.91 Å². The predicted molar refractivity (Wildman–Crippen MR) is 114 cm³/mol. The molecule has 0 saturated carbocycles. The van der Waals surface area contributed by atoms with E-state index in [1.807, 2.05) is 12.1 Å². The molecule has 0 unspecified atom stereocenters. The van der Waals surface area contributed by atoms with Gasteiger partial charge in [-0.15, -0.1) is 0 Å². The van der Waals surface area contributed by atoms with E-state index in [4.69, 9.17) is 9.47 Å². The van der Waals surface area contributed by atoms with E-state index < -0.39 is 5.41 Å². The van der Waals surface area contributed by atoms with Gasteiger partial charge in [-0.3, -0.25) is 4.79 Å². The minimum Gasteiger partial charge on any atom is -0.497 e. The minimum atomic E-state index is -0.490. The van der Waals surface area contributed by atoms with Gasteiger partial charge in [-0.25, -0.2) is 0 Å². The van der Waals surface area contributed by atoms with Crippen molar-refractivity contribution in [1.82, 2.24) is 4.90 Å². The second-order valence-corrected chi connectivity index (χ2v) is 8.50. The van der Waals surface area contributed by atoms with Crippen molar-refractivity contribution in [3.8, 4) is 5.75 Å². The van der Waals surface area contributed by atoms with Crippen LogP contribution < -0.4 is 4.74 Å². The van der Waals surface area contributed by atoms with Gasteiger partial charge in [0.15, 0.2) is 0 Å². The first-order valence-corrected chi connectivity index (χ1v) is 10.6. The van der Waals surface area contributed by atoms with Gasteiger partial charge < -0.3 is 14.4 Å². The molecule has 2 aliphatic rings. The average Bonchev–Trinajstić information content (AvgIpc) is 3.23. The van der Waals surface area contributed by atoms with Crippen molar-refractivity contribution in [2.24, 2.45) is 0 Å². The highest BCUT2D eigenvalue weighted by Crippen LogP contribution is 2.42. The monoisotopic (exact) mass is 393 g/mol. The summed E-state index contributed by atoms with van der Waals surface area (Å²) >= 11 is 0. The zero-order valence-electron chi connectivity index (χ0n) is 17.7. The number of likely N-dealkylation sites (tertiary alicyclic amines) is 1. The molecule has 4 heteroatoms. The van der Waals surface area contributed by atoms with Gasteiger partial charge in [0.1, 0.15) is 5.75 Å². The predicted octanol–water partition coefficient (Wildman–Crippen LogP) is 4.72. The van der Waals surface area contributed by atoms with E-state index in [1.54, 1.807) is 7.11 Å². The summed E-state index contributed by atoms with van der Waals surface area (Å²) in [7, 11) is 1.69. The number of ether oxygens (including phenoxy) is 2. The second kappa shape index (κ2) is 8.19. The number of benzene rings is 2. The minimum absolute atomic E-state index is 0.114. The Kier molecular flexibility index (Phi) is 5.64. The van der Waals surface area contributed by atoms with Gasteiger partial charge in [-0.05, 0) is 62.8 Å². The van der Waals surface area contributed by atoms with Crippen molar-refractivity contribution in [3.05, 3.63) is 64.7 Å². The lowest BCUT2D eigenvalue weighted by Crippen LogP contribution is -2.49. The van der Waals surface area contributed by atoms with Gasteiger partial charge >= 0.3 is 0 Å². The molecule has 2 fully saturated rings. The molecule has 0 bridgehead atoms. The molecule has 0 N–H and O–H groups in total. The number of hydrogen-bond acceptors (Lipinski definition) is 3. The van der Waals surface area contributed by atoms with Crippen LogP contribution in [-0.2, 0) is 14.9 Å². The molecule has 1 amide bonds. The zero-order chi connectivity index (χ0) is 20.4. The molecule has 0 spiro atoms. The highest BCUT2D eigenvalue weighted by atomic mass is 16.5. The fraction of sp³-hybridized carbons (Fsp3) is 0.480. The van der Waals surface area contributed by atoms with Gasteiger partial charge in [-0.1, -0.05) is 41.5 Å². The number of amides is 1. The van der Waals surface area contributed by atoms with Crippen molar-refractivity contribution in [3.63, 3.8) is 0 Å². The van der Waals surface area contributed by atoms with Crippen LogP contribution in [0.1, 0.15) is 54.0 Å². The summed E-state index contributed by atoms with van der Waals surface area (Å²) < 4.78 is 11.1. The van der Waals surface area contributed by atoms with Gasteiger partial charge in [-0.2, -0.15) is 0 Å². The molecular weight excluding hydrogens is 362 g/mol. The Labute approximate surface area is 173 Å². The van der Waals surface area contributed by atoms with E-state index in [1.165, 1.54) is 11.1 Å². The Morgan fingerprint density at radius 3 is 2.52 bits per heavy atom. The highest BCUT2D eigenvalue weighted by Gasteiger charge is 2.46. The molecule has 2 aliphatic heterocycles. The number of nitrogens with zero attached hydrogens (tertiary/aromatic N) is 1. The van der Waals surface area contributed by atoms with Crippen molar-refractivity contribution in [2.45, 2.75) is 51.0 Å². The average molecular weight is 394 g/mol.